The average Bonchev–Trinajstić information content (AvgIpc) is 3.22. The van der Waals surface area contributed by atoms with Gasteiger partial charge in [0.2, 0.25) is 5.60 Å². The lowest BCUT2D eigenvalue weighted by atomic mass is 9.46. The van der Waals surface area contributed by atoms with Gasteiger partial charge in [-0.1, -0.05) is 25.5 Å². The summed E-state index contributed by atoms with van der Waals surface area (Å²) in [5.74, 6) is 1.09. The van der Waals surface area contributed by atoms with E-state index in [9.17, 15) is 20.0 Å². The number of epoxide rings is 1. The van der Waals surface area contributed by atoms with Crippen molar-refractivity contribution in [1.82, 2.24) is 0 Å². The standard InChI is InChI=1S/C22H27NO4/c1-19-7-5-14(25)9-13(19)3-4-15-16-6-8-22(21(11-23,12-24)27-22)20(16,2)10-17(26)18(15)19/h3,15-16,18,24H,4-10,12H2,1-2H3/t15-,16-,18+,19-,20-,21?,22+/m0/s1. The number of nitrogens with zero attached hydrogens (tertiary/aromatic N) is 1. The number of carbonyl (C=O) groups excluding carboxylic acids is 2. The van der Waals surface area contributed by atoms with E-state index in [1.165, 1.54) is 5.57 Å². The highest BCUT2D eigenvalue weighted by molar-refractivity contribution is 5.88. The molecule has 144 valence electrons. The molecule has 0 aromatic carbocycles. The molecular formula is C22H27NO4. The zero-order valence-corrected chi connectivity index (χ0v) is 16.1. The summed E-state index contributed by atoms with van der Waals surface area (Å²) in [5, 5.41) is 19.5. The molecule has 1 heterocycles. The summed E-state index contributed by atoms with van der Waals surface area (Å²) in [6.45, 7) is 3.99. The zero-order chi connectivity index (χ0) is 19.2. The van der Waals surface area contributed by atoms with Crippen LogP contribution in [0, 0.1) is 39.9 Å². The number of ether oxygens (including phenoxy) is 1. The van der Waals surface area contributed by atoms with Gasteiger partial charge in [-0.2, -0.15) is 5.26 Å². The molecule has 1 saturated heterocycles. The van der Waals surface area contributed by atoms with Crippen molar-refractivity contribution in [3.63, 3.8) is 0 Å². The van der Waals surface area contributed by atoms with Gasteiger partial charge in [-0.15, -0.1) is 0 Å². The lowest BCUT2D eigenvalue weighted by molar-refractivity contribution is -0.146. The van der Waals surface area contributed by atoms with Crippen LogP contribution in [-0.4, -0.2) is 34.5 Å². The molecule has 0 aromatic heterocycles. The molecule has 7 atom stereocenters. The number of ketones is 2. The molecule has 0 radical (unpaired) electrons. The van der Waals surface area contributed by atoms with Crippen molar-refractivity contribution in [3.05, 3.63) is 11.6 Å². The summed E-state index contributed by atoms with van der Waals surface area (Å²) in [4.78, 5) is 25.5. The maximum Gasteiger partial charge on any atom is 0.207 e. The van der Waals surface area contributed by atoms with Crippen molar-refractivity contribution < 1.29 is 19.4 Å². The minimum absolute atomic E-state index is 0.0248. The molecule has 0 amide bonds. The molecule has 3 saturated carbocycles. The Labute approximate surface area is 159 Å². The van der Waals surface area contributed by atoms with Gasteiger partial charge in [0.1, 0.15) is 23.2 Å². The van der Waals surface area contributed by atoms with Crippen LogP contribution in [-0.2, 0) is 14.3 Å². The number of hydrogen-bond donors (Lipinski definition) is 1. The van der Waals surface area contributed by atoms with E-state index in [4.69, 9.17) is 4.74 Å². The van der Waals surface area contributed by atoms with Crippen LogP contribution < -0.4 is 0 Å². The third-order valence-electron chi connectivity index (χ3n) is 9.11. The molecule has 4 aliphatic carbocycles. The number of allylic oxidation sites excluding steroid dienone is 2. The summed E-state index contributed by atoms with van der Waals surface area (Å²) in [6.07, 6.45) is 7.01. The third kappa shape index (κ3) is 1.82. The van der Waals surface area contributed by atoms with E-state index < -0.39 is 16.6 Å². The second-order valence-corrected chi connectivity index (χ2v) is 9.97. The quantitative estimate of drug-likeness (QED) is 0.567. The van der Waals surface area contributed by atoms with Crippen molar-refractivity contribution in [1.29, 1.82) is 5.26 Å². The number of aliphatic hydroxyl groups excluding tert-OH is 1. The number of Topliss-reactive ketones (excluding diaryl/α,β-unsaturated/α-hetero) is 2. The first-order chi connectivity index (χ1) is 12.8. The Bertz CT molecular complexity index is 827. The van der Waals surface area contributed by atoms with Crippen molar-refractivity contribution in [2.24, 2.45) is 28.6 Å². The maximum absolute atomic E-state index is 13.5. The fourth-order valence-corrected chi connectivity index (χ4v) is 7.71. The molecule has 5 nitrogen and oxygen atoms in total. The molecule has 1 spiro atoms. The predicted octanol–water partition coefficient (Wildman–Crippen LogP) is 2.72. The smallest absolute Gasteiger partial charge is 0.207 e. The third-order valence-corrected chi connectivity index (χ3v) is 9.11. The Morgan fingerprint density at radius 1 is 1.33 bits per heavy atom. The van der Waals surface area contributed by atoms with E-state index in [0.29, 0.717) is 31.0 Å². The lowest BCUT2D eigenvalue weighted by Gasteiger charge is -2.56. The number of aliphatic hydroxyl groups is 1. The fraction of sp³-hybridized carbons (Fsp3) is 0.773. The first kappa shape index (κ1) is 17.6. The van der Waals surface area contributed by atoms with Crippen LogP contribution in [0.4, 0.5) is 0 Å². The molecule has 4 fully saturated rings. The van der Waals surface area contributed by atoms with E-state index in [1.807, 2.05) is 0 Å². The minimum atomic E-state index is -1.14. The molecule has 5 heteroatoms. The molecule has 1 unspecified atom stereocenters. The fourth-order valence-electron chi connectivity index (χ4n) is 7.71. The predicted molar refractivity (Wildman–Crippen MR) is 96.3 cm³/mol. The summed E-state index contributed by atoms with van der Waals surface area (Å²) in [5.41, 5.74) is -1.23. The van der Waals surface area contributed by atoms with Crippen LogP contribution in [0.2, 0.25) is 0 Å². The SMILES string of the molecule is C[C@]12CCC(=O)CC1=CC[C@@H]1[C@@H]2C(=O)C[C@@]2(C)[C@H]1CC[C@@]21OC1(C#N)CO. The van der Waals surface area contributed by atoms with E-state index in [1.54, 1.807) is 0 Å². The summed E-state index contributed by atoms with van der Waals surface area (Å²) in [7, 11) is 0. The minimum Gasteiger partial charge on any atom is -0.392 e. The Balaban J connectivity index is 1.55. The van der Waals surface area contributed by atoms with E-state index >= 15 is 0 Å². The zero-order valence-electron chi connectivity index (χ0n) is 16.1. The lowest BCUT2D eigenvalue weighted by Crippen LogP contribution is -2.57. The van der Waals surface area contributed by atoms with Crippen LogP contribution in [0.15, 0.2) is 11.6 Å². The van der Waals surface area contributed by atoms with Gasteiger partial charge in [0.05, 0.1) is 6.61 Å². The van der Waals surface area contributed by atoms with E-state index in [2.05, 4.69) is 26.0 Å². The highest BCUT2D eigenvalue weighted by Crippen LogP contribution is 2.74. The first-order valence-electron chi connectivity index (χ1n) is 10.2. The Morgan fingerprint density at radius 2 is 2.11 bits per heavy atom. The normalized spacial score (nSPS) is 53.3. The monoisotopic (exact) mass is 369 g/mol. The second kappa shape index (κ2) is 5.10. The van der Waals surface area contributed by atoms with Crippen LogP contribution in [0.5, 0.6) is 0 Å². The molecule has 27 heavy (non-hydrogen) atoms. The summed E-state index contributed by atoms with van der Waals surface area (Å²) >= 11 is 0. The van der Waals surface area contributed by atoms with Gasteiger partial charge in [0.25, 0.3) is 0 Å². The van der Waals surface area contributed by atoms with Gasteiger partial charge in [0.15, 0.2) is 0 Å². The highest BCUT2D eigenvalue weighted by atomic mass is 16.6. The molecule has 5 aliphatic rings. The Morgan fingerprint density at radius 3 is 2.78 bits per heavy atom. The van der Waals surface area contributed by atoms with Gasteiger partial charge in [0, 0.05) is 30.6 Å². The van der Waals surface area contributed by atoms with Crippen molar-refractivity contribution in [3.8, 4) is 6.07 Å². The highest BCUT2D eigenvalue weighted by Gasteiger charge is 2.83. The number of rotatable bonds is 1. The number of nitriles is 1. The molecule has 5 rings (SSSR count). The van der Waals surface area contributed by atoms with Crippen LogP contribution in [0.25, 0.3) is 0 Å². The topological polar surface area (TPSA) is 90.7 Å². The van der Waals surface area contributed by atoms with E-state index in [0.717, 1.165) is 25.7 Å². The van der Waals surface area contributed by atoms with Crippen LogP contribution >= 0.6 is 0 Å². The Kier molecular flexibility index (Phi) is 3.32. The summed E-state index contributed by atoms with van der Waals surface area (Å²) < 4.78 is 5.97. The molecule has 0 bridgehead atoms. The van der Waals surface area contributed by atoms with Crippen molar-refractivity contribution in [2.45, 2.75) is 70.0 Å². The van der Waals surface area contributed by atoms with Crippen LogP contribution in [0.3, 0.4) is 0 Å². The van der Waals surface area contributed by atoms with Crippen molar-refractivity contribution in [2.75, 3.05) is 6.61 Å². The van der Waals surface area contributed by atoms with Crippen LogP contribution in [0.1, 0.15) is 58.8 Å². The summed E-state index contributed by atoms with van der Waals surface area (Å²) in [6, 6.07) is 2.20. The van der Waals surface area contributed by atoms with Gasteiger partial charge in [-0.3, -0.25) is 9.59 Å². The van der Waals surface area contributed by atoms with Gasteiger partial charge < -0.3 is 9.84 Å². The number of hydrogen-bond acceptors (Lipinski definition) is 5. The first-order valence-corrected chi connectivity index (χ1v) is 10.2. The number of fused-ring (bicyclic) bond motifs is 6. The molecular weight excluding hydrogens is 342 g/mol. The van der Waals surface area contributed by atoms with Crippen molar-refractivity contribution >= 4 is 11.6 Å². The molecule has 0 aromatic rings. The largest absolute Gasteiger partial charge is 0.392 e. The molecule has 1 N–H and O–H groups in total. The van der Waals surface area contributed by atoms with Gasteiger partial charge >= 0.3 is 0 Å². The van der Waals surface area contributed by atoms with Gasteiger partial charge in [-0.05, 0) is 42.9 Å². The average molecular weight is 369 g/mol. The Hall–Kier alpha value is -1.51. The number of carbonyl (C=O) groups is 2. The molecule has 1 aliphatic heterocycles. The van der Waals surface area contributed by atoms with E-state index in [-0.39, 0.29) is 29.6 Å². The second-order valence-electron chi connectivity index (χ2n) is 9.97. The maximum atomic E-state index is 13.5. The van der Waals surface area contributed by atoms with Gasteiger partial charge in [-0.25, -0.2) is 0 Å².